The number of nitrogens with one attached hydrogen (secondary N) is 1. The van der Waals surface area contributed by atoms with Crippen LogP contribution < -0.4 is 5.32 Å². The number of amides is 3. The Labute approximate surface area is 155 Å². The Morgan fingerprint density at radius 2 is 1.92 bits per heavy atom. The molecule has 7 heteroatoms. The van der Waals surface area contributed by atoms with Gasteiger partial charge in [-0.2, -0.15) is 5.26 Å². The fraction of sp³-hybridized carbons (Fsp3) is 0.158. The summed E-state index contributed by atoms with van der Waals surface area (Å²) < 4.78 is 0. The Kier molecular flexibility index (Phi) is 4.49. The summed E-state index contributed by atoms with van der Waals surface area (Å²) in [4.78, 5) is 38.4. The SMILES string of the molecule is C[C@@]1(c2cccc(C#N)c2)NC(=O)N(CC(=O)c2ccc(Cl)cc2)C1=O. The zero-order chi connectivity index (χ0) is 18.9. The first-order valence-electron chi connectivity index (χ1n) is 7.78. The Bertz CT molecular complexity index is 949. The number of nitriles is 1. The zero-order valence-corrected chi connectivity index (χ0v) is 14.6. The normalized spacial score (nSPS) is 19.2. The van der Waals surface area contributed by atoms with Crippen molar-refractivity contribution in [2.45, 2.75) is 12.5 Å². The summed E-state index contributed by atoms with van der Waals surface area (Å²) >= 11 is 5.80. The number of ketones is 1. The van der Waals surface area contributed by atoms with E-state index in [1.54, 1.807) is 55.5 Å². The molecule has 0 saturated carbocycles. The number of nitrogens with zero attached hydrogens (tertiary/aromatic N) is 2. The average molecular weight is 368 g/mol. The highest BCUT2D eigenvalue weighted by Gasteiger charge is 2.49. The fourth-order valence-electron chi connectivity index (χ4n) is 2.81. The van der Waals surface area contributed by atoms with Gasteiger partial charge in [0.15, 0.2) is 5.78 Å². The van der Waals surface area contributed by atoms with Gasteiger partial charge < -0.3 is 5.32 Å². The second kappa shape index (κ2) is 6.62. The van der Waals surface area contributed by atoms with Gasteiger partial charge in [-0.3, -0.25) is 14.5 Å². The first kappa shape index (κ1) is 17.6. The number of benzene rings is 2. The molecule has 1 aliphatic heterocycles. The third-order valence-corrected chi connectivity index (χ3v) is 4.56. The van der Waals surface area contributed by atoms with Crippen molar-refractivity contribution in [3.8, 4) is 6.07 Å². The van der Waals surface area contributed by atoms with Crippen molar-refractivity contribution in [1.82, 2.24) is 10.2 Å². The molecule has 1 saturated heterocycles. The third kappa shape index (κ3) is 3.05. The van der Waals surface area contributed by atoms with Crippen molar-refractivity contribution in [3.63, 3.8) is 0 Å². The highest BCUT2D eigenvalue weighted by atomic mass is 35.5. The number of hydrogen-bond donors (Lipinski definition) is 1. The van der Waals surface area contributed by atoms with Gasteiger partial charge in [0.05, 0.1) is 18.2 Å². The summed E-state index contributed by atoms with van der Waals surface area (Å²) in [5, 5.41) is 12.1. The molecule has 130 valence electrons. The van der Waals surface area contributed by atoms with Crippen LogP contribution in [0.2, 0.25) is 5.02 Å². The second-order valence-electron chi connectivity index (χ2n) is 6.07. The molecule has 26 heavy (non-hydrogen) atoms. The van der Waals surface area contributed by atoms with E-state index in [9.17, 15) is 14.4 Å². The number of hydrogen-bond acceptors (Lipinski definition) is 4. The molecule has 1 heterocycles. The van der Waals surface area contributed by atoms with E-state index in [0.29, 0.717) is 21.7 Å². The molecule has 0 unspecified atom stereocenters. The minimum atomic E-state index is -1.33. The topological polar surface area (TPSA) is 90.3 Å². The summed E-state index contributed by atoms with van der Waals surface area (Å²) in [5.41, 5.74) is -0.114. The smallest absolute Gasteiger partial charge is 0.319 e. The molecule has 3 amide bonds. The van der Waals surface area contributed by atoms with Crippen molar-refractivity contribution in [3.05, 3.63) is 70.2 Å². The molecule has 0 bridgehead atoms. The van der Waals surface area contributed by atoms with Gasteiger partial charge in [0.2, 0.25) is 0 Å². The lowest BCUT2D eigenvalue weighted by molar-refractivity contribution is -0.130. The molecule has 1 N–H and O–H groups in total. The van der Waals surface area contributed by atoms with E-state index in [1.165, 1.54) is 0 Å². The van der Waals surface area contributed by atoms with E-state index in [0.717, 1.165) is 4.90 Å². The molecule has 1 aliphatic rings. The number of imide groups is 1. The second-order valence-corrected chi connectivity index (χ2v) is 6.51. The lowest BCUT2D eigenvalue weighted by Crippen LogP contribution is -2.41. The number of carbonyl (C=O) groups is 3. The number of carbonyl (C=O) groups excluding carboxylic acids is 3. The largest absolute Gasteiger partial charge is 0.325 e. The van der Waals surface area contributed by atoms with E-state index >= 15 is 0 Å². The summed E-state index contributed by atoms with van der Waals surface area (Å²) in [6, 6.07) is 14.0. The minimum absolute atomic E-state index is 0.357. The third-order valence-electron chi connectivity index (χ3n) is 4.31. The van der Waals surface area contributed by atoms with Crippen LogP contribution in [0.15, 0.2) is 48.5 Å². The number of halogens is 1. The molecule has 0 radical (unpaired) electrons. The average Bonchev–Trinajstić information content (AvgIpc) is 2.86. The van der Waals surface area contributed by atoms with Crippen molar-refractivity contribution in [2.75, 3.05) is 6.54 Å². The summed E-state index contributed by atoms with van der Waals surface area (Å²) in [5.74, 6) is -0.917. The van der Waals surface area contributed by atoms with Crippen molar-refractivity contribution in [2.24, 2.45) is 0 Å². The van der Waals surface area contributed by atoms with Crippen LogP contribution in [-0.2, 0) is 10.3 Å². The van der Waals surface area contributed by atoms with Crippen LogP contribution in [0.5, 0.6) is 0 Å². The van der Waals surface area contributed by atoms with E-state index in [2.05, 4.69) is 5.32 Å². The monoisotopic (exact) mass is 367 g/mol. The molecule has 0 aromatic heterocycles. The Balaban J connectivity index is 1.85. The van der Waals surface area contributed by atoms with Crippen LogP contribution in [0.4, 0.5) is 4.79 Å². The van der Waals surface area contributed by atoms with Gasteiger partial charge in [-0.25, -0.2) is 4.79 Å². The lowest BCUT2D eigenvalue weighted by atomic mass is 9.91. The van der Waals surface area contributed by atoms with Crippen LogP contribution in [0.25, 0.3) is 0 Å². The Morgan fingerprint density at radius 3 is 2.58 bits per heavy atom. The predicted molar refractivity (Wildman–Crippen MR) is 94.5 cm³/mol. The van der Waals surface area contributed by atoms with Gasteiger partial charge in [-0.15, -0.1) is 0 Å². The quantitative estimate of drug-likeness (QED) is 0.664. The van der Waals surface area contributed by atoms with Crippen LogP contribution in [0.1, 0.15) is 28.4 Å². The maximum atomic E-state index is 12.8. The molecule has 0 spiro atoms. The van der Waals surface area contributed by atoms with Crippen molar-refractivity contribution < 1.29 is 14.4 Å². The molecule has 2 aromatic carbocycles. The van der Waals surface area contributed by atoms with Gasteiger partial charge >= 0.3 is 6.03 Å². The predicted octanol–water partition coefficient (Wildman–Crippen LogP) is 2.86. The first-order chi connectivity index (χ1) is 12.3. The van der Waals surface area contributed by atoms with E-state index < -0.39 is 17.5 Å². The summed E-state index contributed by atoms with van der Waals surface area (Å²) in [6.45, 7) is 1.18. The van der Waals surface area contributed by atoms with E-state index in [-0.39, 0.29) is 12.3 Å². The molecule has 1 atom stereocenters. The minimum Gasteiger partial charge on any atom is -0.319 e. The molecule has 2 aromatic rings. The van der Waals surface area contributed by atoms with Gasteiger partial charge in [0.1, 0.15) is 5.54 Å². The molecular weight excluding hydrogens is 354 g/mol. The molecule has 0 aliphatic carbocycles. The maximum Gasteiger partial charge on any atom is 0.325 e. The standard InChI is InChI=1S/C19H14ClN3O3/c1-19(14-4-2-3-12(9-14)10-21)17(25)23(18(26)22-19)11-16(24)13-5-7-15(20)8-6-13/h2-9H,11H2,1H3,(H,22,26)/t19-/m0/s1. The van der Waals surface area contributed by atoms with Crippen molar-refractivity contribution >= 4 is 29.3 Å². The highest BCUT2D eigenvalue weighted by Crippen LogP contribution is 2.29. The Hall–Kier alpha value is -3.17. The zero-order valence-electron chi connectivity index (χ0n) is 13.8. The Morgan fingerprint density at radius 1 is 1.23 bits per heavy atom. The first-order valence-corrected chi connectivity index (χ1v) is 8.16. The lowest BCUT2D eigenvalue weighted by Gasteiger charge is -2.22. The van der Waals surface area contributed by atoms with Crippen LogP contribution in [-0.4, -0.2) is 29.2 Å². The van der Waals surface area contributed by atoms with Gasteiger partial charge in [-0.1, -0.05) is 23.7 Å². The van der Waals surface area contributed by atoms with Crippen LogP contribution >= 0.6 is 11.6 Å². The van der Waals surface area contributed by atoms with E-state index in [1.807, 2.05) is 6.07 Å². The highest BCUT2D eigenvalue weighted by molar-refractivity contribution is 6.30. The molecule has 6 nitrogen and oxygen atoms in total. The number of urea groups is 1. The van der Waals surface area contributed by atoms with Crippen molar-refractivity contribution in [1.29, 1.82) is 5.26 Å². The molecule has 1 fully saturated rings. The number of rotatable bonds is 4. The summed E-state index contributed by atoms with van der Waals surface area (Å²) in [6.07, 6.45) is 0. The molecule has 3 rings (SSSR count). The molecular formula is C19H14ClN3O3. The summed E-state index contributed by atoms with van der Waals surface area (Å²) in [7, 11) is 0. The number of Topliss-reactive ketones (excluding diaryl/α,β-unsaturated/α-hetero) is 1. The van der Waals surface area contributed by atoms with Gasteiger partial charge in [0, 0.05) is 10.6 Å². The van der Waals surface area contributed by atoms with Crippen LogP contribution in [0, 0.1) is 11.3 Å². The van der Waals surface area contributed by atoms with Gasteiger partial charge in [-0.05, 0) is 48.9 Å². The fourth-order valence-corrected chi connectivity index (χ4v) is 2.93. The maximum absolute atomic E-state index is 12.8. The van der Waals surface area contributed by atoms with Crippen LogP contribution in [0.3, 0.4) is 0 Å². The van der Waals surface area contributed by atoms with Gasteiger partial charge in [0.25, 0.3) is 5.91 Å². The van der Waals surface area contributed by atoms with E-state index in [4.69, 9.17) is 16.9 Å².